The maximum atomic E-state index is 4.47. The maximum Gasteiger partial charge on any atom is 0.145 e. The van der Waals surface area contributed by atoms with Crippen LogP contribution in [-0.2, 0) is 14.2 Å². The van der Waals surface area contributed by atoms with Gasteiger partial charge in [-0.15, -0.1) is 0 Å². The number of ether oxygens (including phenoxy) is 3. The minimum Gasteiger partial charge on any atom is -0.388 e. The summed E-state index contributed by atoms with van der Waals surface area (Å²) in [5.41, 5.74) is 0. The molecule has 0 heterocycles. The van der Waals surface area contributed by atoms with Gasteiger partial charge in [-0.3, -0.25) is 0 Å². The van der Waals surface area contributed by atoms with Crippen LogP contribution in [0.4, 0.5) is 0 Å². The molecule has 0 saturated heterocycles. The van der Waals surface area contributed by atoms with Gasteiger partial charge < -0.3 is 14.2 Å². The highest BCUT2D eigenvalue weighted by Crippen LogP contribution is 1.60. The van der Waals surface area contributed by atoms with Crippen molar-refractivity contribution in [3.63, 3.8) is 0 Å². The summed E-state index contributed by atoms with van der Waals surface area (Å²) in [5, 5.41) is 0. The van der Waals surface area contributed by atoms with Crippen LogP contribution in [0.5, 0.6) is 0 Å². The van der Waals surface area contributed by atoms with Gasteiger partial charge in [0.2, 0.25) is 0 Å². The van der Waals surface area contributed by atoms with Crippen LogP contribution in [-0.4, -0.2) is 35.2 Å². The molecule has 0 fully saturated rings. The van der Waals surface area contributed by atoms with Crippen molar-refractivity contribution in [1.82, 2.24) is 0 Å². The first-order chi connectivity index (χ1) is 3.83. The van der Waals surface area contributed by atoms with Crippen molar-refractivity contribution < 1.29 is 14.2 Å². The highest BCUT2D eigenvalue weighted by molar-refractivity contribution is 3.84. The first kappa shape index (κ1) is 22.5. The van der Waals surface area contributed by atoms with E-state index in [1.165, 1.54) is 0 Å². The molecule has 3 nitrogen and oxygen atoms in total. The molecule has 0 aliphatic carbocycles. The van der Waals surface area contributed by atoms with Gasteiger partial charge in [0.1, 0.15) is 6.79 Å². The van der Waals surface area contributed by atoms with Crippen LogP contribution in [0.2, 0.25) is 0 Å². The Morgan fingerprint density at radius 3 is 1.00 bits per heavy atom. The first-order valence-corrected chi connectivity index (χ1v) is 2.21. The van der Waals surface area contributed by atoms with Gasteiger partial charge in [-0.2, -0.15) is 0 Å². The molecule has 0 rings (SSSR count). The van der Waals surface area contributed by atoms with Gasteiger partial charge >= 0.3 is 0 Å². The molecule has 0 aromatic heterocycles. The fraction of sp³-hybridized carbons (Fsp3) is 1.00. The Morgan fingerprint density at radius 1 is 0.800 bits per heavy atom. The molecule has 0 unspecified atom stereocenters. The van der Waals surface area contributed by atoms with Gasteiger partial charge in [-0.05, 0) is 0 Å². The molecule has 68 valence electrons. The summed E-state index contributed by atoms with van der Waals surface area (Å²) in [5.74, 6) is 0. The molecule has 3 heteroatoms. The van der Waals surface area contributed by atoms with Gasteiger partial charge in [-0.25, -0.2) is 0 Å². The fourth-order valence-electron chi connectivity index (χ4n) is 0.118. The van der Waals surface area contributed by atoms with E-state index >= 15 is 0 Å². The van der Waals surface area contributed by atoms with Crippen molar-refractivity contribution >= 4 is 0 Å². The number of rotatable bonds is 2. The van der Waals surface area contributed by atoms with Crippen molar-refractivity contribution in [3.05, 3.63) is 0 Å². The van der Waals surface area contributed by atoms with E-state index in [1.54, 1.807) is 28.4 Å². The molecule has 0 aliphatic rings. The summed E-state index contributed by atoms with van der Waals surface area (Å²) >= 11 is 0. The second kappa shape index (κ2) is 36.6. The SMILES string of the molecule is C.C.COC.COCOC. The molecule has 0 radical (unpaired) electrons. The molecule has 0 aromatic rings. The standard InChI is InChI=1S/C3H8O2.C2H6O.2CH4/c1-4-3-5-2;1-3-2;;/h3H2,1-2H3;1-2H3;2*1H4. The molecule has 0 saturated carbocycles. The molecule has 0 N–H and O–H groups in total. The molecule has 0 aliphatic heterocycles. The number of methoxy groups -OCH3 is 3. The molecule has 10 heavy (non-hydrogen) atoms. The van der Waals surface area contributed by atoms with Crippen LogP contribution >= 0.6 is 0 Å². The quantitative estimate of drug-likeness (QED) is 0.567. The third kappa shape index (κ3) is 106. The lowest BCUT2D eigenvalue weighted by Crippen LogP contribution is -1.87. The normalized spacial score (nSPS) is 6.00. The van der Waals surface area contributed by atoms with Crippen molar-refractivity contribution in [1.29, 1.82) is 0 Å². The molecule has 0 spiro atoms. The zero-order chi connectivity index (χ0) is 6.83. The summed E-state index contributed by atoms with van der Waals surface area (Å²) in [6.45, 7) is 0.389. The van der Waals surface area contributed by atoms with Crippen molar-refractivity contribution in [2.45, 2.75) is 14.9 Å². The smallest absolute Gasteiger partial charge is 0.145 e. The van der Waals surface area contributed by atoms with Crippen LogP contribution in [0.15, 0.2) is 0 Å². The summed E-state index contributed by atoms with van der Waals surface area (Å²) in [6, 6.07) is 0. The van der Waals surface area contributed by atoms with E-state index in [4.69, 9.17) is 0 Å². The molecule has 0 bridgehead atoms. The van der Waals surface area contributed by atoms with Crippen molar-refractivity contribution in [3.8, 4) is 0 Å². The predicted molar refractivity (Wildman–Crippen MR) is 45.3 cm³/mol. The van der Waals surface area contributed by atoms with E-state index in [1.807, 2.05) is 0 Å². The van der Waals surface area contributed by atoms with E-state index in [-0.39, 0.29) is 14.9 Å². The van der Waals surface area contributed by atoms with E-state index in [2.05, 4.69) is 14.2 Å². The Bertz CT molecular complexity index is 22.8. The lowest BCUT2D eigenvalue weighted by Gasteiger charge is -1.87. The average molecular weight is 154 g/mol. The van der Waals surface area contributed by atoms with Gasteiger partial charge in [0.15, 0.2) is 0 Å². The highest BCUT2D eigenvalue weighted by Gasteiger charge is 1.63. The van der Waals surface area contributed by atoms with Crippen LogP contribution in [0.1, 0.15) is 14.9 Å². The van der Waals surface area contributed by atoms with Crippen LogP contribution < -0.4 is 0 Å². The van der Waals surface area contributed by atoms with Gasteiger partial charge in [-0.1, -0.05) is 14.9 Å². The van der Waals surface area contributed by atoms with E-state index in [0.717, 1.165) is 0 Å². The lowest BCUT2D eigenvalue weighted by atomic mass is 11.4. The molecule has 0 amide bonds. The van der Waals surface area contributed by atoms with Crippen molar-refractivity contribution in [2.24, 2.45) is 0 Å². The predicted octanol–water partition coefficient (Wildman–Crippen LogP) is 1.77. The monoisotopic (exact) mass is 154 g/mol. The molecule has 0 aromatic carbocycles. The topological polar surface area (TPSA) is 27.7 Å². The Balaban J connectivity index is -0.0000000326. The minimum absolute atomic E-state index is 0. The zero-order valence-corrected chi connectivity index (χ0v) is 5.93. The Labute approximate surface area is 65.3 Å². The van der Waals surface area contributed by atoms with Gasteiger partial charge in [0.05, 0.1) is 0 Å². The van der Waals surface area contributed by atoms with Crippen molar-refractivity contribution in [2.75, 3.05) is 35.2 Å². The second-order valence-electron chi connectivity index (χ2n) is 1.10. The summed E-state index contributed by atoms with van der Waals surface area (Å²) < 4.78 is 13.2. The molecule has 0 atom stereocenters. The third-order valence-corrected chi connectivity index (χ3v) is 0.236. The minimum atomic E-state index is 0. The Morgan fingerprint density at radius 2 is 1.00 bits per heavy atom. The Hall–Kier alpha value is -0.120. The zero-order valence-electron chi connectivity index (χ0n) is 5.93. The van der Waals surface area contributed by atoms with E-state index < -0.39 is 0 Å². The van der Waals surface area contributed by atoms with E-state index in [9.17, 15) is 0 Å². The fourth-order valence-corrected chi connectivity index (χ4v) is 0.118. The second-order valence-corrected chi connectivity index (χ2v) is 1.10. The molecular weight excluding hydrogens is 132 g/mol. The maximum absolute atomic E-state index is 4.47. The average Bonchev–Trinajstić information content (AvgIpc) is 1.71. The third-order valence-electron chi connectivity index (χ3n) is 0.236. The van der Waals surface area contributed by atoms with Crippen LogP contribution in [0.25, 0.3) is 0 Å². The van der Waals surface area contributed by atoms with E-state index in [0.29, 0.717) is 6.79 Å². The highest BCUT2D eigenvalue weighted by atomic mass is 16.6. The summed E-state index contributed by atoms with van der Waals surface area (Å²) in [6.07, 6.45) is 0. The Kier molecular flexibility index (Phi) is 82.5. The number of hydrogen-bond acceptors (Lipinski definition) is 3. The van der Waals surface area contributed by atoms with Crippen LogP contribution in [0.3, 0.4) is 0 Å². The lowest BCUT2D eigenvalue weighted by molar-refractivity contribution is -0.00271. The van der Waals surface area contributed by atoms with Crippen LogP contribution in [0, 0.1) is 0 Å². The first-order valence-electron chi connectivity index (χ1n) is 2.21. The summed E-state index contributed by atoms with van der Waals surface area (Å²) in [4.78, 5) is 0. The summed E-state index contributed by atoms with van der Waals surface area (Å²) in [7, 11) is 6.42. The number of hydrogen-bond donors (Lipinski definition) is 0. The molecular formula is C7H22O3. The largest absolute Gasteiger partial charge is 0.388 e. The van der Waals surface area contributed by atoms with Gasteiger partial charge in [0.25, 0.3) is 0 Å². The van der Waals surface area contributed by atoms with Gasteiger partial charge in [0, 0.05) is 28.4 Å².